The lowest BCUT2D eigenvalue weighted by Crippen LogP contribution is -2.34. The predicted octanol–water partition coefficient (Wildman–Crippen LogP) is 3.11. The fraction of sp³-hybridized carbons (Fsp3) is 0.316. The molecule has 0 spiro atoms. The average molecular weight is 377 g/mol. The first-order chi connectivity index (χ1) is 12.5. The summed E-state index contributed by atoms with van der Waals surface area (Å²) < 4.78 is 15.9. The molecule has 138 valence electrons. The molecule has 1 N–H and O–H groups in total. The smallest absolute Gasteiger partial charge is 0.251 e. The van der Waals surface area contributed by atoms with Crippen molar-refractivity contribution in [3.63, 3.8) is 0 Å². The van der Waals surface area contributed by atoms with Gasteiger partial charge in [-0.25, -0.2) is 0 Å². The molecule has 0 aromatic heterocycles. The molecule has 2 aromatic rings. The third-order valence-electron chi connectivity index (χ3n) is 4.25. The third-order valence-corrected chi connectivity index (χ3v) is 4.53. The van der Waals surface area contributed by atoms with E-state index in [1.807, 2.05) is 43.3 Å². The third kappa shape index (κ3) is 3.86. The number of hydrogen-bond acceptors (Lipinski definition) is 5. The minimum atomic E-state index is -0.222. The van der Waals surface area contributed by atoms with Gasteiger partial charge < -0.3 is 24.4 Å². The number of halogens is 1. The van der Waals surface area contributed by atoms with Gasteiger partial charge in [-0.3, -0.25) is 4.79 Å². The van der Waals surface area contributed by atoms with Gasteiger partial charge in [-0.1, -0.05) is 23.7 Å². The van der Waals surface area contributed by atoms with E-state index in [1.54, 1.807) is 19.2 Å². The van der Waals surface area contributed by atoms with Gasteiger partial charge in [0.05, 0.1) is 18.2 Å². The summed E-state index contributed by atoms with van der Waals surface area (Å²) in [4.78, 5) is 14.6. The van der Waals surface area contributed by atoms with Crippen LogP contribution in [0.3, 0.4) is 0 Å². The number of ether oxygens (including phenoxy) is 3. The van der Waals surface area contributed by atoms with Crippen molar-refractivity contribution in [3.05, 3.63) is 52.5 Å². The van der Waals surface area contributed by atoms with Gasteiger partial charge in [0.2, 0.25) is 6.79 Å². The summed E-state index contributed by atoms with van der Waals surface area (Å²) in [5.41, 5.74) is 1.49. The molecule has 1 atom stereocenters. The zero-order chi connectivity index (χ0) is 18.7. The molecule has 0 aliphatic carbocycles. The second-order valence-corrected chi connectivity index (χ2v) is 6.57. The molecule has 1 aliphatic rings. The minimum absolute atomic E-state index is 0.00136. The maximum absolute atomic E-state index is 12.6. The first kappa shape index (κ1) is 18.4. The number of likely N-dealkylation sites (N-methyl/N-ethyl adjacent to an activating group) is 1. The van der Waals surface area contributed by atoms with Crippen LogP contribution in [0.15, 0.2) is 36.4 Å². The highest BCUT2D eigenvalue weighted by molar-refractivity contribution is 6.32. The molecule has 0 bridgehead atoms. The number of hydrogen-bond donors (Lipinski definition) is 1. The zero-order valence-corrected chi connectivity index (χ0v) is 15.7. The predicted molar refractivity (Wildman–Crippen MR) is 99.3 cm³/mol. The Morgan fingerprint density at radius 3 is 2.85 bits per heavy atom. The van der Waals surface area contributed by atoms with Gasteiger partial charge >= 0.3 is 0 Å². The SMILES string of the molecule is COc1cccc([C@@H](CNC(=O)c2cc(Cl)c3c(c2)OCO3)N(C)C)c1. The van der Waals surface area contributed by atoms with Crippen LogP contribution in [0.2, 0.25) is 5.02 Å². The van der Waals surface area contributed by atoms with Gasteiger partial charge in [-0.05, 0) is 43.9 Å². The van der Waals surface area contributed by atoms with Gasteiger partial charge in [0.1, 0.15) is 5.75 Å². The van der Waals surface area contributed by atoms with Gasteiger partial charge in [-0.15, -0.1) is 0 Å². The molecule has 26 heavy (non-hydrogen) atoms. The highest BCUT2D eigenvalue weighted by atomic mass is 35.5. The summed E-state index contributed by atoms with van der Waals surface area (Å²) in [5, 5.41) is 3.32. The monoisotopic (exact) mass is 376 g/mol. The maximum Gasteiger partial charge on any atom is 0.251 e. The molecule has 6 nitrogen and oxygen atoms in total. The van der Waals surface area contributed by atoms with E-state index < -0.39 is 0 Å². The lowest BCUT2D eigenvalue weighted by Gasteiger charge is -2.25. The fourth-order valence-electron chi connectivity index (χ4n) is 2.84. The second-order valence-electron chi connectivity index (χ2n) is 6.16. The van der Waals surface area contributed by atoms with Crippen molar-refractivity contribution in [2.75, 3.05) is 34.5 Å². The summed E-state index contributed by atoms with van der Waals surface area (Å²) in [6.45, 7) is 0.545. The largest absolute Gasteiger partial charge is 0.497 e. The van der Waals surface area contributed by atoms with Gasteiger partial charge in [-0.2, -0.15) is 0 Å². The van der Waals surface area contributed by atoms with Crippen LogP contribution < -0.4 is 19.5 Å². The summed E-state index contributed by atoms with van der Waals surface area (Å²) in [6.07, 6.45) is 0. The van der Waals surface area contributed by atoms with E-state index in [0.717, 1.165) is 11.3 Å². The molecular formula is C19H21ClN2O4. The normalized spacial score (nSPS) is 13.6. The molecule has 2 aromatic carbocycles. The average Bonchev–Trinajstić information content (AvgIpc) is 3.11. The van der Waals surface area contributed by atoms with Crippen molar-refractivity contribution in [1.29, 1.82) is 0 Å². The first-order valence-electron chi connectivity index (χ1n) is 8.17. The Morgan fingerprint density at radius 2 is 2.12 bits per heavy atom. The molecular weight excluding hydrogens is 356 g/mol. The number of fused-ring (bicyclic) bond motifs is 1. The van der Waals surface area contributed by atoms with Crippen LogP contribution in [0.1, 0.15) is 22.0 Å². The van der Waals surface area contributed by atoms with Gasteiger partial charge in [0.15, 0.2) is 11.5 Å². The van der Waals surface area contributed by atoms with Crippen LogP contribution in [0.4, 0.5) is 0 Å². The second kappa shape index (κ2) is 7.85. The summed E-state index contributed by atoms with van der Waals surface area (Å²) in [7, 11) is 5.57. The van der Waals surface area contributed by atoms with E-state index in [1.165, 1.54) is 0 Å². The quantitative estimate of drug-likeness (QED) is 0.839. The van der Waals surface area contributed by atoms with Crippen LogP contribution in [0.25, 0.3) is 0 Å². The van der Waals surface area contributed by atoms with E-state index in [2.05, 4.69) is 5.32 Å². The number of carbonyl (C=O) groups is 1. The van der Waals surface area contributed by atoms with Gasteiger partial charge in [0, 0.05) is 12.1 Å². The maximum atomic E-state index is 12.6. The van der Waals surface area contributed by atoms with Crippen molar-refractivity contribution in [2.24, 2.45) is 0 Å². The molecule has 0 saturated carbocycles. The Kier molecular flexibility index (Phi) is 5.54. The number of amides is 1. The van der Waals surface area contributed by atoms with Crippen molar-refractivity contribution >= 4 is 17.5 Å². The van der Waals surface area contributed by atoms with Crippen molar-refractivity contribution < 1.29 is 19.0 Å². The van der Waals surface area contributed by atoms with Crippen LogP contribution in [-0.2, 0) is 0 Å². The molecule has 1 aliphatic heterocycles. The number of benzene rings is 2. The Balaban J connectivity index is 1.73. The molecule has 0 fully saturated rings. The molecule has 0 radical (unpaired) electrons. The minimum Gasteiger partial charge on any atom is -0.497 e. The summed E-state index contributed by atoms with van der Waals surface area (Å²) >= 11 is 6.15. The number of rotatable bonds is 6. The van der Waals surface area contributed by atoms with Crippen molar-refractivity contribution in [3.8, 4) is 17.2 Å². The highest BCUT2D eigenvalue weighted by Gasteiger charge is 2.22. The van der Waals surface area contributed by atoms with E-state index >= 15 is 0 Å². The zero-order valence-electron chi connectivity index (χ0n) is 14.9. The van der Waals surface area contributed by atoms with Gasteiger partial charge in [0.25, 0.3) is 5.91 Å². The van der Waals surface area contributed by atoms with Crippen molar-refractivity contribution in [1.82, 2.24) is 10.2 Å². The van der Waals surface area contributed by atoms with E-state index in [0.29, 0.717) is 28.6 Å². The molecule has 0 unspecified atom stereocenters. The lowest BCUT2D eigenvalue weighted by molar-refractivity contribution is 0.0941. The fourth-order valence-corrected chi connectivity index (χ4v) is 3.10. The van der Waals surface area contributed by atoms with E-state index in [4.69, 9.17) is 25.8 Å². The van der Waals surface area contributed by atoms with Crippen molar-refractivity contribution in [2.45, 2.75) is 6.04 Å². The topological polar surface area (TPSA) is 60.0 Å². The van der Waals surface area contributed by atoms with Crippen LogP contribution in [0, 0.1) is 0 Å². The first-order valence-corrected chi connectivity index (χ1v) is 8.55. The Morgan fingerprint density at radius 1 is 1.31 bits per heavy atom. The number of carbonyl (C=O) groups excluding carboxylic acids is 1. The Bertz CT molecular complexity index is 810. The summed E-state index contributed by atoms with van der Waals surface area (Å²) in [6, 6.07) is 11.0. The van der Waals surface area contributed by atoms with Crippen LogP contribution in [0.5, 0.6) is 17.2 Å². The molecule has 1 heterocycles. The van der Waals surface area contributed by atoms with Crippen LogP contribution in [-0.4, -0.2) is 45.3 Å². The summed E-state index contributed by atoms with van der Waals surface area (Å²) in [5.74, 6) is 1.52. The highest BCUT2D eigenvalue weighted by Crippen LogP contribution is 2.39. The standard InChI is InChI=1S/C19H21ClN2O4/c1-22(2)16(12-5-4-6-14(7-12)24-3)10-21-19(23)13-8-15(20)18-17(9-13)25-11-26-18/h4-9,16H,10-11H2,1-3H3,(H,21,23)/t16-/m1/s1. The molecule has 3 rings (SSSR count). The number of methoxy groups -OCH3 is 1. The molecule has 0 saturated heterocycles. The van der Waals surface area contributed by atoms with E-state index in [9.17, 15) is 4.79 Å². The molecule has 7 heteroatoms. The number of nitrogens with zero attached hydrogens (tertiary/aromatic N) is 1. The molecule has 1 amide bonds. The Hall–Kier alpha value is -2.44. The lowest BCUT2D eigenvalue weighted by atomic mass is 10.1. The van der Waals surface area contributed by atoms with E-state index in [-0.39, 0.29) is 18.7 Å². The Labute approximate surface area is 157 Å². The number of nitrogens with one attached hydrogen (secondary N) is 1. The van der Waals surface area contributed by atoms with Crippen LogP contribution >= 0.6 is 11.6 Å².